The van der Waals surface area contributed by atoms with E-state index in [2.05, 4.69) is 11.1 Å². The van der Waals surface area contributed by atoms with E-state index in [1.165, 1.54) is 6.20 Å². The third-order valence-electron chi connectivity index (χ3n) is 2.91. The Hall–Kier alpha value is -1.67. The SMILES string of the molecule is Cc1ccc(C)c(CC(=O)c2ccc(Cl)nc2)c1. The van der Waals surface area contributed by atoms with Crippen molar-refractivity contribution >= 4 is 17.4 Å². The number of hydrogen-bond donors (Lipinski definition) is 0. The predicted octanol–water partition coefficient (Wildman–Crippen LogP) is 3.78. The van der Waals surface area contributed by atoms with Gasteiger partial charge in [-0.15, -0.1) is 0 Å². The molecule has 0 bridgehead atoms. The highest BCUT2D eigenvalue weighted by atomic mass is 35.5. The number of halogens is 1. The van der Waals surface area contributed by atoms with Gasteiger partial charge in [0.05, 0.1) is 0 Å². The Morgan fingerprint density at radius 1 is 1.22 bits per heavy atom. The first kappa shape index (κ1) is 12.8. The maximum absolute atomic E-state index is 12.1. The van der Waals surface area contributed by atoms with E-state index >= 15 is 0 Å². The molecule has 2 rings (SSSR count). The molecule has 1 heterocycles. The van der Waals surface area contributed by atoms with Crippen molar-refractivity contribution in [2.24, 2.45) is 0 Å². The van der Waals surface area contributed by atoms with Gasteiger partial charge in [0.25, 0.3) is 0 Å². The summed E-state index contributed by atoms with van der Waals surface area (Å²) >= 11 is 5.70. The van der Waals surface area contributed by atoms with Gasteiger partial charge in [-0.1, -0.05) is 35.4 Å². The van der Waals surface area contributed by atoms with Crippen LogP contribution in [-0.4, -0.2) is 10.8 Å². The molecule has 0 atom stereocenters. The van der Waals surface area contributed by atoms with Crippen LogP contribution in [0.15, 0.2) is 36.5 Å². The molecule has 0 amide bonds. The first-order chi connectivity index (χ1) is 8.56. The van der Waals surface area contributed by atoms with E-state index in [-0.39, 0.29) is 5.78 Å². The molecular weight excluding hydrogens is 246 g/mol. The average molecular weight is 260 g/mol. The highest BCUT2D eigenvalue weighted by molar-refractivity contribution is 6.29. The normalized spacial score (nSPS) is 10.4. The van der Waals surface area contributed by atoms with Gasteiger partial charge in [-0.25, -0.2) is 4.98 Å². The summed E-state index contributed by atoms with van der Waals surface area (Å²) in [4.78, 5) is 16.0. The molecule has 18 heavy (non-hydrogen) atoms. The number of pyridine rings is 1. The van der Waals surface area contributed by atoms with E-state index in [0.717, 1.165) is 16.7 Å². The summed E-state index contributed by atoms with van der Waals surface area (Å²) in [5, 5.41) is 0.401. The van der Waals surface area contributed by atoms with Crippen LogP contribution in [0.3, 0.4) is 0 Å². The van der Waals surface area contributed by atoms with Crippen molar-refractivity contribution in [2.75, 3.05) is 0 Å². The number of nitrogens with zero attached hydrogens (tertiary/aromatic N) is 1. The van der Waals surface area contributed by atoms with Gasteiger partial charge >= 0.3 is 0 Å². The second-order valence-corrected chi connectivity index (χ2v) is 4.79. The van der Waals surface area contributed by atoms with E-state index < -0.39 is 0 Å². The Morgan fingerprint density at radius 2 is 2.00 bits per heavy atom. The number of hydrogen-bond acceptors (Lipinski definition) is 2. The lowest BCUT2D eigenvalue weighted by Crippen LogP contribution is -2.05. The molecule has 0 fully saturated rings. The van der Waals surface area contributed by atoms with Crippen LogP contribution in [0.4, 0.5) is 0 Å². The molecule has 0 aliphatic rings. The van der Waals surface area contributed by atoms with Crippen molar-refractivity contribution in [1.82, 2.24) is 4.98 Å². The van der Waals surface area contributed by atoms with Crippen molar-refractivity contribution in [1.29, 1.82) is 0 Å². The number of Topliss-reactive ketones (excluding diaryl/α,β-unsaturated/α-hetero) is 1. The van der Waals surface area contributed by atoms with Crippen molar-refractivity contribution in [3.63, 3.8) is 0 Å². The van der Waals surface area contributed by atoms with Crippen molar-refractivity contribution < 1.29 is 4.79 Å². The van der Waals surface area contributed by atoms with Crippen LogP contribution in [0.2, 0.25) is 5.15 Å². The van der Waals surface area contributed by atoms with E-state index in [1.807, 2.05) is 26.0 Å². The third kappa shape index (κ3) is 2.96. The number of carbonyl (C=O) groups is 1. The quantitative estimate of drug-likeness (QED) is 0.620. The lowest BCUT2D eigenvalue weighted by atomic mass is 9.98. The van der Waals surface area contributed by atoms with Crippen LogP contribution < -0.4 is 0 Å². The van der Waals surface area contributed by atoms with Crippen LogP contribution >= 0.6 is 11.6 Å². The number of rotatable bonds is 3. The molecule has 0 saturated heterocycles. The van der Waals surface area contributed by atoms with Crippen LogP contribution in [0.25, 0.3) is 0 Å². The molecule has 92 valence electrons. The second kappa shape index (κ2) is 5.32. The number of aryl methyl sites for hydroxylation is 2. The Balaban J connectivity index is 2.21. The summed E-state index contributed by atoms with van der Waals surface area (Å²) < 4.78 is 0. The first-order valence-corrected chi connectivity index (χ1v) is 6.15. The summed E-state index contributed by atoms with van der Waals surface area (Å²) in [5.41, 5.74) is 3.96. The molecule has 1 aromatic carbocycles. The minimum Gasteiger partial charge on any atom is -0.294 e. The van der Waals surface area contributed by atoms with Crippen LogP contribution in [0.5, 0.6) is 0 Å². The molecule has 1 aromatic heterocycles. The molecule has 0 unspecified atom stereocenters. The smallest absolute Gasteiger partial charge is 0.168 e. The van der Waals surface area contributed by atoms with Crippen LogP contribution in [0, 0.1) is 13.8 Å². The summed E-state index contributed by atoms with van der Waals surface area (Å²) in [6.45, 7) is 4.04. The fourth-order valence-corrected chi connectivity index (χ4v) is 1.92. The van der Waals surface area contributed by atoms with Gasteiger partial charge < -0.3 is 0 Å². The zero-order valence-electron chi connectivity index (χ0n) is 10.4. The summed E-state index contributed by atoms with van der Waals surface area (Å²) in [6, 6.07) is 9.49. The summed E-state index contributed by atoms with van der Waals surface area (Å²) in [6.07, 6.45) is 1.92. The van der Waals surface area contributed by atoms with Crippen molar-refractivity contribution in [3.8, 4) is 0 Å². The maximum atomic E-state index is 12.1. The molecule has 0 N–H and O–H groups in total. The number of carbonyl (C=O) groups excluding carboxylic acids is 1. The van der Waals surface area contributed by atoms with Crippen LogP contribution in [-0.2, 0) is 6.42 Å². The fraction of sp³-hybridized carbons (Fsp3) is 0.200. The zero-order chi connectivity index (χ0) is 13.1. The Morgan fingerprint density at radius 3 is 2.67 bits per heavy atom. The van der Waals surface area contributed by atoms with Crippen molar-refractivity contribution in [2.45, 2.75) is 20.3 Å². The van der Waals surface area contributed by atoms with Gasteiger partial charge in [0, 0.05) is 18.2 Å². The maximum Gasteiger partial charge on any atom is 0.168 e. The lowest BCUT2D eigenvalue weighted by Gasteiger charge is -2.06. The molecule has 0 spiro atoms. The van der Waals surface area contributed by atoms with E-state index in [4.69, 9.17) is 11.6 Å². The Kier molecular flexibility index (Phi) is 3.78. The Bertz CT molecular complexity index is 576. The molecule has 2 nitrogen and oxygen atoms in total. The van der Waals surface area contributed by atoms with Gasteiger partial charge in [0.1, 0.15) is 5.15 Å². The third-order valence-corrected chi connectivity index (χ3v) is 3.13. The molecule has 0 aliphatic carbocycles. The second-order valence-electron chi connectivity index (χ2n) is 4.40. The summed E-state index contributed by atoms with van der Waals surface area (Å²) in [7, 11) is 0. The van der Waals surface area contributed by atoms with E-state index in [0.29, 0.717) is 17.1 Å². The minimum absolute atomic E-state index is 0.0628. The van der Waals surface area contributed by atoms with Gasteiger partial charge in [-0.05, 0) is 37.1 Å². The van der Waals surface area contributed by atoms with Crippen LogP contribution in [0.1, 0.15) is 27.0 Å². The molecule has 0 saturated carbocycles. The van der Waals surface area contributed by atoms with Gasteiger partial charge in [-0.2, -0.15) is 0 Å². The zero-order valence-corrected chi connectivity index (χ0v) is 11.2. The van der Waals surface area contributed by atoms with Gasteiger partial charge in [0.2, 0.25) is 0 Å². The highest BCUT2D eigenvalue weighted by Gasteiger charge is 2.09. The lowest BCUT2D eigenvalue weighted by molar-refractivity contribution is 0.0992. The Labute approximate surface area is 112 Å². The fourth-order valence-electron chi connectivity index (χ4n) is 1.81. The molecular formula is C15H14ClNO. The topological polar surface area (TPSA) is 30.0 Å². The monoisotopic (exact) mass is 259 g/mol. The average Bonchev–Trinajstić information content (AvgIpc) is 2.34. The number of benzene rings is 1. The minimum atomic E-state index is 0.0628. The largest absolute Gasteiger partial charge is 0.294 e. The van der Waals surface area contributed by atoms with E-state index in [9.17, 15) is 4.79 Å². The predicted molar refractivity (Wildman–Crippen MR) is 73.2 cm³/mol. The molecule has 2 aromatic rings. The highest BCUT2D eigenvalue weighted by Crippen LogP contribution is 2.14. The molecule has 0 radical (unpaired) electrons. The number of ketones is 1. The van der Waals surface area contributed by atoms with E-state index in [1.54, 1.807) is 12.1 Å². The molecule has 0 aliphatic heterocycles. The van der Waals surface area contributed by atoms with Gasteiger partial charge in [0.15, 0.2) is 5.78 Å². The number of aromatic nitrogens is 1. The first-order valence-electron chi connectivity index (χ1n) is 5.77. The van der Waals surface area contributed by atoms with Crippen molar-refractivity contribution in [3.05, 3.63) is 63.9 Å². The summed E-state index contributed by atoms with van der Waals surface area (Å²) in [5.74, 6) is 0.0628. The van der Waals surface area contributed by atoms with Gasteiger partial charge in [-0.3, -0.25) is 4.79 Å². The standard InChI is InChI=1S/C15H14ClNO/c1-10-3-4-11(2)13(7-10)8-14(18)12-5-6-15(16)17-9-12/h3-7,9H,8H2,1-2H3. The molecule has 3 heteroatoms.